The third kappa shape index (κ3) is 5.22. The highest BCUT2D eigenvalue weighted by atomic mass is 16.5. The number of nitrogens with one attached hydrogen (secondary N) is 1. The molecule has 3 rings (SSSR count). The van der Waals surface area contributed by atoms with Crippen molar-refractivity contribution in [2.24, 2.45) is 0 Å². The predicted octanol–water partition coefficient (Wildman–Crippen LogP) is 3.37. The van der Waals surface area contributed by atoms with Crippen LogP contribution in [0.4, 0.5) is 0 Å². The number of carbonyl (C=O) groups excluding carboxylic acids is 1. The van der Waals surface area contributed by atoms with Gasteiger partial charge in [0.05, 0.1) is 6.10 Å². The minimum Gasteiger partial charge on any atom is -0.485 e. The summed E-state index contributed by atoms with van der Waals surface area (Å²) < 4.78 is 16.8. The maximum Gasteiger partial charge on any atom is 0.262 e. The lowest BCUT2D eigenvalue weighted by atomic mass is 10.2. The van der Waals surface area contributed by atoms with E-state index in [-0.39, 0.29) is 18.3 Å². The van der Waals surface area contributed by atoms with E-state index in [1.165, 1.54) is 6.08 Å². The number of amides is 1. The number of benzene rings is 1. The molecule has 0 saturated carbocycles. The molecule has 1 atom stereocenters. The smallest absolute Gasteiger partial charge is 0.262 e. The topological polar surface area (TPSA) is 84.5 Å². The standard InChI is InChI=1S/C21H22N2O4/c1-15-5-2-3-7-20(15)26-14-19-9-8-17(27-19)11-16(12-22)21(24)23-13-18-6-4-10-25-18/h2-3,5,7-9,11,18H,4,6,10,13-14H2,1H3,(H,23,24)/b16-11-/t18-/m0/s1. The molecule has 140 valence electrons. The third-order valence-electron chi connectivity index (χ3n) is 4.31. The van der Waals surface area contributed by atoms with Crippen LogP contribution in [-0.2, 0) is 16.1 Å². The maximum absolute atomic E-state index is 12.2. The van der Waals surface area contributed by atoms with Crippen LogP contribution in [0, 0.1) is 18.3 Å². The zero-order valence-electron chi connectivity index (χ0n) is 15.2. The van der Waals surface area contributed by atoms with Gasteiger partial charge in [0.25, 0.3) is 5.91 Å². The summed E-state index contributed by atoms with van der Waals surface area (Å²) in [5, 5.41) is 12.0. The van der Waals surface area contributed by atoms with Gasteiger partial charge in [-0.3, -0.25) is 4.79 Å². The first kappa shape index (κ1) is 18.7. The number of carbonyl (C=O) groups is 1. The maximum atomic E-state index is 12.2. The Morgan fingerprint density at radius 2 is 2.22 bits per heavy atom. The number of furan rings is 1. The number of nitriles is 1. The summed E-state index contributed by atoms with van der Waals surface area (Å²) in [6.45, 7) is 3.37. The van der Waals surface area contributed by atoms with Crippen LogP contribution in [0.15, 0.2) is 46.4 Å². The Labute approximate surface area is 158 Å². The summed E-state index contributed by atoms with van der Waals surface area (Å²) in [5.74, 6) is 1.41. The molecule has 2 heterocycles. The second-order valence-electron chi connectivity index (χ2n) is 6.37. The van der Waals surface area contributed by atoms with Crippen LogP contribution < -0.4 is 10.1 Å². The lowest BCUT2D eigenvalue weighted by molar-refractivity contribution is -0.117. The fourth-order valence-electron chi connectivity index (χ4n) is 2.81. The van der Waals surface area contributed by atoms with Crippen molar-refractivity contribution in [1.82, 2.24) is 5.32 Å². The number of nitrogens with zero attached hydrogens (tertiary/aromatic N) is 1. The van der Waals surface area contributed by atoms with Crippen molar-refractivity contribution in [1.29, 1.82) is 5.26 Å². The second kappa shape index (κ2) is 9.06. The van der Waals surface area contributed by atoms with E-state index in [1.807, 2.05) is 37.3 Å². The molecule has 1 saturated heterocycles. The van der Waals surface area contributed by atoms with Crippen molar-refractivity contribution in [3.05, 3.63) is 59.1 Å². The highest BCUT2D eigenvalue weighted by Crippen LogP contribution is 2.19. The van der Waals surface area contributed by atoms with Crippen molar-refractivity contribution in [2.45, 2.75) is 32.5 Å². The highest BCUT2D eigenvalue weighted by molar-refractivity contribution is 6.01. The molecular weight excluding hydrogens is 344 g/mol. The largest absolute Gasteiger partial charge is 0.485 e. The van der Waals surface area contributed by atoms with Gasteiger partial charge < -0.3 is 19.2 Å². The van der Waals surface area contributed by atoms with Gasteiger partial charge in [-0.2, -0.15) is 5.26 Å². The zero-order valence-corrected chi connectivity index (χ0v) is 15.2. The van der Waals surface area contributed by atoms with E-state index in [2.05, 4.69) is 5.32 Å². The van der Waals surface area contributed by atoms with Crippen LogP contribution in [0.25, 0.3) is 6.08 Å². The van der Waals surface area contributed by atoms with Crippen LogP contribution in [0.2, 0.25) is 0 Å². The molecule has 1 aromatic heterocycles. The van der Waals surface area contributed by atoms with Gasteiger partial charge in [0.2, 0.25) is 0 Å². The molecule has 2 aromatic rings. The number of hydrogen-bond donors (Lipinski definition) is 1. The summed E-state index contributed by atoms with van der Waals surface area (Å²) in [6.07, 6.45) is 3.39. The number of ether oxygens (including phenoxy) is 2. The van der Waals surface area contributed by atoms with E-state index in [0.717, 1.165) is 30.8 Å². The van der Waals surface area contributed by atoms with Gasteiger partial charge in [-0.05, 0) is 43.5 Å². The van der Waals surface area contributed by atoms with Gasteiger partial charge in [-0.1, -0.05) is 18.2 Å². The summed E-state index contributed by atoms with van der Waals surface area (Å²) in [6, 6.07) is 13.1. The van der Waals surface area contributed by atoms with Crippen molar-refractivity contribution in [3.8, 4) is 11.8 Å². The second-order valence-corrected chi connectivity index (χ2v) is 6.37. The molecular formula is C21H22N2O4. The van der Waals surface area contributed by atoms with Crippen molar-refractivity contribution < 1.29 is 18.7 Å². The average Bonchev–Trinajstić information content (AvgIpc) is 3.35. The van der Waals surface area contributed by atoms with Gasteiger partial charge in [0.1, 0.15) is 35.5 Å². The van der Waals surface area contributed by atoms with Gasteiger partial charge >= 0.3 is 0 Å². The SMILES string of the molecule is Cc1ccccc1OCc1ccc(/C=C(/C#N)C(=O)NC[C@@H]2CCCO2)o1. The molecule has 0 spiro atoms. The van der Waals surface area contributed by atoms with Crippen LogP contribution in [0.3, 0.4) is 0 Å². The zero-order chi connectivity index (χ0) is 19.1. The van der Waals surface area contributed by atoms with E-state index in [9.17, 15) is 10.1 Å². The molecule has 1 fully saturated rings. The Kier molecular flexibility index (Phi) is 6.29. The van der Waals surface area contributed by atoms with Crippen molar-refractivity contribution in [2.75, 3.05) is 13.2 Å². The lowest BCUT2D eigenvalue weighted by Crippen LogP contribution is -2.32. The lowest BCUT2D eigenvalue weighted by Gasteiger charge is -2.09. The molecule has 1 aromatic carbocycles. The van der Waals surface area contributed by atoms with Gasteiger partial charge in [0.15, 0.2) is 0 Å². The Hall–Kier alpha value is -3.04. The van der Waals surface area contributed by atoms with E-state index in [0.29, 0.717) is 18.1 Å². The molecule has 1 aliphatic rings. The van der Waals surface area contributed by atoms with Crippen LogP contribution in [0.5, 0.6) is 5.75 Å². The minimum absolute atomic E-state index is 0.00582. The first-order valence-corrected chi connectivity index (χ1v) is 8.94. The first-order chi connectivity index (χ1) is 13.2. The van der Waals surface area contributed by atoms with Crippen LogP contribution >= 0.6 is 0 Å². The van der Waals surface area contributed by atoms with Crippen LogP contribution in [0.1, 0.15) is 29.9 Å². The van der Waals surface area contributed by atoms with E-state index in [4.69, 9.17) is 13.9 Å². The molecule has 0 bridgehead atoms. The number of aryl methyl sites for hydroxylation is 1. The molecule has 0 aliphatic carbocycles. The number of rotatable bonds is 7. The first-order valence-electron chi connectivity index (χ1n) is 8.94. The van der Waals surface area contributed by atoms with E-state index < -0.39 is 5.91 Å². The van der Waals surface area contributed by atoms with Gasteiger partial charge in [0, 0.05) is 19.2 Å². The Morgan fingerprint density at radius 1 is 1.37 bits per heavy atom. The molecule has 0 unspecified atom stereocenters. The summed E-state index contributed by atoms with van der Waals surface area (Å²) in [7, 11) is 0. The molecule has 1 aliphatic heterocycles. The summed E-state index contributed by atoms with van der Waals surface area (Å²) in [5.41, 5.74) is 1.03. The molecule has 6 nitrogen and oxygen atoms in total. The van der Waals surface area contributed by atoms with E-state index in [1.54, 1.807) is 12.1 Å². The normalized spacial score (nSPS) is 16.7. The fourth-order valence-corrected chi connectivity index (χ4v) is 2.81. The Balaban J connectivity index is 1.57. The third-order valence-corrected chi connectivity index (χ3v) is 4.31. The Bertz CT molecular complexity index is 857. The predicted molar refractivity (Wildman–Crippen MR) is 99.8 cm³/mol. The van der Waals surface area contributed by atoms with Crippen molar-refractivity contribution >= 4 is 12.0 Å². The average molecular weight is 366 g/mol. The number of hydrogen-bond acceptors (Lipinski definition) is 5. The summed E-state index contributed by atoms with van der Waals surface area (Å²) >= 11 is 0. The van der Waals surface area contributed by atoms with Gasteiger partial charge in [-0.15, -0.1) is 0 Å². The van der Waals surface area contributed by atoms with Gasteiger partial charge in [-0.25, -0.2) is 0 Å². The number of para-hydroxylation sites is 1. The monoisotopic (exact) mass is 366 g/mol. The summed E-state index contributed by atoms with van der Waals surface area (Å²) in [4.78, 5) is 12.2. The fraction of sp³-hybridized carbons (Fsp3) is 0.333. The quantitative estimate of drug-likeness (QED) is 0.600. The van der Waals surface area contributed by atoms with Crippen molar-refractivity contribution in [3.63, 3.8) is 0 Å². The molecule has 1 amide bonds. The molecule has 6 heteroatoms. The minimum atomic E-state index is -0.429. The van der Waals surface area contributed by atoms with E-state index >= 15 is 0 Å². The Morgan fingerprint density at radius 3 is 2.96 bits per heavy atom. The highest BCUT2D eigenvalue weighted by Gasteiger charge is 2.18. The molecule has 0 radical (unpaired) electrons. The molecule has 27 heavy (non-hydrogen) atoms. The van der Waals surface area contributed by atoms with Crippen LogP contribution in [-0.4, -0.2) is 25.2 Å². The molecule has 1 N–H and O–H groups in total.